The van der Waals surface area contributed by atoms with E-state index in [2.05, 4.69) is 6.92 Å². The average Bonchev–Trinajstić information content (AvgIpc) is 2.78. The first-order chi connectivity index (χ1) is 11.2. The summed E-state index contributed by atoms with van der Waals surface area (Å²) in [6.45, 7) is 7.93. The standard InChI is InChI=1S/C19H24O5/c1-9(2)14-12-10(8-11(20)23-14)18(3)6-5-7-19(4)16(18)15(13(12)21)24-17(19)22/h8-9,13,15-16,21H,5-7H2,1-4H3. The predicted octanol–water partition coefficient (Wildman–Crippen LogP) is 2.80. The smallest absolute Gasteiger partial charge is 0.336 e. The molecule has 3 aliphatic rings. The van der Waals surface area contributed by atoms with Crippen LogP contribution in [0.25, 0.3) is 0 Å². The molecule has 2 heterocycles. The molecule has 5 nitrogen and oxygen atoms in total. The zero-order valence-corrected chi connectivity index (χ0v) is 14.6. The molecular weight excluding hydrogens is 308 g/mol. The number of carbonyl (C=O) groups is 1. The molecule has 24 heavy (non-hydrogen) atoms. The molecule has 0 bridgehead atoms. The van der Waals surface area contributed by atoms with Crippen molar-refractivity contribution in [1.82, 2.24) is 0 Å². The maximum atomic E-state index is 12.6. The molecule has 1 aromatic heterocycles. The summed E-state index contributed by atoms with van der Waals surface area (Å²) in [5.74, 6) is 0.144. The van der Waals surface area contributed by atoms with Crippen molar-refractivity contribution in [3.63, 3.8) is 0 Å². The summed E-state index contributed by atoms with van der Waals surface area (Å²) in [7, 11) is 0. The number of rotatable bonds is 1. The third-order valence-corrected chi connectivity index (χ3v) is 6.58. The van der Waals surface area contributed by atoms with Gasteiger partial charge in [0.2, 0.25) is 0 Å². The monoisotopic (exact) mass is 332 g/mol. The van der Waals surface area contributed by atoms with E-state index in [1.54, 1.807) is 0 Å². The fraction of sp³-hybridized carbons (Fsp3) is 0.684. The van der Waals surface area contributed by atoms with Crippen molar-refractivity contribution in [3.8, 4) is 0 Å². The zero-order valence-electron chi connectivity index (χ0n) is 14.6. The highest BCUT2D eigenvalue weighted by Crippen LogP contribution is 2.63. The highest BCUT2D eigenvalue weighted by Gasteiger charge is 2.67. The lowest BCUT2D eigenvalue weighted by Crippen LogP contribution is -2.54. The molecule has 1 aromatic rings. The first-order valence-electron chi connectivity index (χ1n) is 8.78. The molecule has 2 fully saturated rings. The number of hydrogen-bond acceptors (Lipinski definition) is 5. The van der Waals surface area contributed by atoms with Gasteiger partial charge in [-0.1, -0.05) is 27.2 Å². The van der Waals surface area contributed by atoms with E-state index in [0.29, 0.717) is 11.3 Å². The molecule has 1 aliphatic heterocycles. The lowest BCUT2D eigenvalue weighted by molar-refractivity contribution is -0.151. The van der Waals surface area contributed by atoms with Crippen LogP contribution >= 0.6 is 0 Å². The second-order valence-corrected chi connectivity index (χ2v) is 8.39. The molecule has 0 amide bonds. The highest BCUT2D eigenvalue weighted by atomic mass is 16.6. The summed E-state index contributed by atoms with van der Waals surface area (Å²) in [4.78, 5) is 24.7. The van der Waals surface area contributed by atoms with Gasteiger partial charge < -0.3 is 14.3 Å². The second kappa shape index (κ2) is 4.72. The quantitative estimate of drug-likeness (QED) is 0.800. The Morgan fingerprint density at radius 1 is 1.21 bits per heavy atom. The maximum Gasteiger partial charge on any atom is 0.336 e. The molecule has 2 aliphatic carbocycles. The van der Waals surface area contributed by atoms with Gasteiger partial charge in [-0.25, -0.2) is 4.79 Å². The SMILES string of the molecule is CC(C)c1oc(=O)cc2c1C(O)C1OC(=O)C3(C)CCCC2(C)C13. The minimum Gasteiger partial charge on any atom is -0.458 e. The normalized spacial score (nSPS) is 40.2. The topological polar surface area (TPSA) is 76.7 Å². The Bertz CT molecular complexity index is 778. The van der Waals surface area contributed by atoms with Crippen LogP contribution in [-0.4, -0.2) is 17.2 Å². The lowest BCUT2D eigenvalue weighted by atomic mass is 9.49. The van der Waals surface area contributed by atoms with E-state index in [4.69, 9.17) is 9.15 Å². The van der Waals surface area contributed by atoms with Gasteiger partial charge in [0.15, 0.2) is 0 Å². The van der Waals surface area contributed by atoms with Crippen molar-refractivity contribution >= 4 is 5.97 Å². The molecule has 5 heteroatoms. The Kier molecular flexibility index (Phi) is 3.12. The van der Waals surface area contributed by atoms with Gasteiger partial charge in [-0.2, -0.15) is 0 Å². The van der Waals surface area contributed by atoms with Gasteiger partial charge in [-0.15, -0.1) is 0 Å². The fourth-order valence-corrected chi connectivity index (χ4v) is 5.56. The maximum absolute atomic E-state index is 12.6. The van der Waals surface area contributed by atoms with Gasteiger partial charge in [0, 0.05) is 28.9 Å². The van der Waals surface area contributed by atoms with Crippen LogP contribution in [-0.2, 0) is 14.9 Å². The molecule has 0 radical (unpaired) electrons. The number of aliphatic hydroxyl groups excluding tert-OH is 1. The van der Waals surface area contributed by atoms with Crippen molar-refractivity contribution in [1.29, 1.82) is 0 Å². The summed E-state index contributed by atoms with van der Waals surface area (Å²) in [6, 6.07) is 1.52. The molecule has 4 rings (SSSR count). The summed E-state index contributed by atoms with van der Waals surface area (Å²) in [6.07, 6.45) is 1.04. The van der Waals surface area contributed by atoms with Crippen LogP contribution in [0.5, 0.6) is 0 Å². The van der Waals surface area contributed by atoms with Gasteiger partial charge in [0.05, 0.1) is 5.41 Å². The van der Waals surface area contributed by atoms with E-state index in [-0.39, 0.29) is 28.8 Å². The lowest BCUT2D eigenvalue weighted by Gasteiger charge is -2.52. The second-order valence-electron chi connectivity index (χ2n) is 8.39. The number of ether oxygens (including phenoxy) is 1. The van der Waals surface area contributed by atoms with Gasteiger partial charge in [0.1, 0.15) is 18.0 Å². The van der Waals surface area contributed by atoms with E-state index in [1.165, 1.54) is 6.07 Å². The van der Waals surface area contributed by atoms with Crippen LogP contribution in [0.3, 0.4) is 0 Å². The minimum absolute atomic E-state index is 0.0328. The molecule has 1 saturated carbocycles. The van der Waals surface area contributed by atoms with Crippen molar-refractivity contribution in [3.05, 3.63) is 33.4 Å². The molecule has 1 saturated heterocycles. The molecule has 1 N–H and O–H groups in total. The van der Waals surface area contributed by atoms with Crippen molar-refractivity contribution in [2.75, 3.05) is 0 Å². The van der Waals surface area contributed by atoms with Crippen LogP contribution < -0.4 is 5.63 Å². The summed E-state index contributed by atoms with van der Waals surface area (Å²) in [5.41, 5.74) is 0.164. The summed E-state index contributed by atoms with van der Waals surface area (Å²) in [5, 5.41) is 11.0. The van der Waals surface area contributed by atoms with Crippen LogP contribution in [0, 0.1) is 11.3 Å². The highest BCUT2D eigenvalue weighted by molar-refractivity contribution is 5.80. The van der Waals surface area contributed by atoms with Crippen molar-refractivity contribution in [2.24, 2.45) is 11.3 Å². The average molecular weight is 332 g/mol. The first-order valence-corrected chi connectivity index (χ1v) is 8.78. The van der Waals surface area contributed by atoms with Crippen LogP contribution in [0.15, 0.2) is 15.3 Å². The summed E-state index contributed by atoms with van der Waals surface area (Å²) >= 11 is 0. The third kappa shape index (κ3) is 1.74. The van der Waals surface area contributed by atoms with E-state index < -0.39 is 17.6 Å². The number of carbonyl (C=O) groups excluding carboxylic acids is 1. The zero-order chi connectivity index (χ0) is 17.4. The minimum atomic E-state index is -0.941. The van der Waals surface area contributed by atoms with E-state index in [0.717, 1.165) is 24.8 Å². The molecular formula is C19H24O5. The molecule has 0 spiro atoms. The Morgan fingerprint density at radius 3 is 2.54 bits per heavy atom. The van der Waals surface area contributed by atoms with E-state index >= 15 is 0 Å². The molecule has 5 atom stereocenters. The number of hydrogen-bond donors (Lipinski definition) is 1. The Balaban J connectivity index is 2.03. The van der Waals surface area contributed by atoms with Crippen LogP contribution in [0.4, 0.5) is 0 Å². The fourth-order valence-electron chi connectivity index (χ4n) is 5.56. The molecule has 0 aromatic carbocycles. The molecule has 5 unspecified atom stereocenters. The Hall–Kier alpha value is -1.62. The summed E-state index contributed by atoms with van der Waals surface area (Å²) < 4.78 is 11.1. The van der Waals surface area contributed by atoms with Crippen LogP contribution in [0.1, 0.15) is 75.9 Å². The van der Waals surface area contributed by atoms with E-state index in [9.17, 15) is 14.7 Å². The van der Waals surface area contributed by atoms with Crippen LogP contribution in [0.2, 0.25) is 0 Å². The van der Waals surface area contributed by atoms with Crippen molar-refractivity contribution < 1.29 is 19.1 Å². The number of aliphatic hydroxyl groups is 1. The van der Waals surface area contributed by atoms with Gasteiger partial charge >= 0.3 is 11.6 Å². The number of esters is 1. The van der Waals surface area contributed by atoms with Gasteiger partial charge in [-0.05, 0) is 25.3 Å². The third-order valence-electron chi connectivity index (χ3n) is 6.58. The largest absolute Gasteiger partial charge is 0.458 e. The van der Waals surface area contributed by atoms with E-state index in [1.807, 2.05) is 20.8 Å². The Morgan fingerprint density at radius 2 is 1.88 bits per heavy atom. The first kappa shape index (κ1) is 15.9. The number of fused-ring (bicyclic) bond motifs is 2. The predicted molar refractivity (Wildman–Crippen MR) is 86.7 cm³/mol. The van der Waals surface area contributed by atoms with Gasteiger partial charge in [0.25, 0.3) is 0 Å². The van der Waals surface area contributed by atoms with Gasteiger partial charge in [-0.3, -0.25) is 4.79 Å². The Labute approximate surface area is 141 Å². The van der Waals surface area contributed by atoms with Crippen molar-refractivity contribution in [2.45, 2.75) is 70.5 Å². The molecule has 130 valence electrons.